The normalized spacial score (nSPS) is 22.9. The summed E-state index contributed by atoms with van der Waals surface area (Å²) in [6.07, 6.45) is 11.6. The van der Waals surface area contributed by atoms with E-state index in [1.54, 1.807) is 41.3 Å². The third kappa shape index (κ3) is 11.0. The second kappa shape index (κ2) is 22.5. The number of nitrogens with zero attached hydrogens (tertiary/aromatic N) is 3. The molecule has 6 unspecified atom stereocenters. The Morgan fingerprint density at radius 1 is 1.03 bits per heavy atom. The molecule has 3 aliphatic rings. The van der Waals surface area contributed by atoms with Gasteiger partial charge in [0.25, 0.3) is 5.69 Å². The van der Waals surface area contributed by atoms with E-state index in [0.717, 1.165) is 42.4 Å². The van der Waals surface area contributed by atoms with E-state index in [2.05, 4.69) is 18.0 Å². The number of nitro benzene ring substituents is 1. The Hall–Kier alpha value is -5.83. The summed E-state index contributed by atoms with van der Waals surface area (Å²) in [6.45, 7) is 9.03. The number of oxime groups is 1. The van der Waals surface area contributed by atoms with Crippen LogP contribution in [0, 0.1) is 27.9 Å². The zero-order valence-electron chi connectivity index (χ0n) is 36.2. The first-order chi connectivity index (χ1) is 30.7. The fraction of sp³-hybridized carbons (Fsp3) is 0.449. The van der Waals surface area contributed by atoms with Crippen LogP contribution in [-0.2, 0) is 20.9 Å². The molecule has 3 aromatic rings. The zero-order chi connectivity index (χ0) is 44.8. The first kappa shape index (κ1) is 46.7. The fourth-order valence-electron chi connectivity index (χ4n) is 9.40. The molecule has 0 saturated heterocycles. The van der Waals surface area contributed by atoms with Crippen molar-refractivity contribution >= 4 is 29.5 Å². The number of amides is 2. The number of ether oxygens (including phenoxy) is 3. The number of carbonyl (C=O) groups excluding carboxylic acids is 2. The number of benzene rings is 3. The number of carbonyl (C=O) groups is 2. The third-order valence-electron chi connectivity index (χ3n) is 12.1. The Labute approximate surface area is 369 Å². The molecular weight excluding hydrogens is 805 g/mol. The predicted octanol–water partition coefficient (Wildman–Crippen LogP) is 8.49. The Kier molecular flexibility index (Phi) is 16.7. The number of hydrogen-bond acceptors (Lipinski definition) is 11. The molecule has 1 aliphatic heterocycles. The molecule has 2 amide bonds. The minimum Gasteiger partial charge on any atom is -0.459 e. The second-order valence-corrected chi connectivity index (χ2v) is 16.1. The van der Waals surface area contributed by atoms with Crippen molar-refractivity contribution in [1.82, 2.24) is 10.2 Å². The highest BCUT2D eigenvalue weighted by Gasteiger charge is 2.65. The Morgan fingerprint density at radius 3 is 2.46 bits per heavy atom. The van der Waals surface area contributed by atoms with Crippen LogP contribution in [0.5, 0.6) is 11.5 Å². The zero-order valence-corrected chi connectivity index (χ0v) is 36.2. The predicted molar refractivity (Wildman–Crippen MR) is 240 cm³/mol. The maximum atomic E-state index is 14.6. The molecule has 1 saturated carbocycles. The van der Waals surface area contributed by atoms with Gasteiger partial charge in [-0.15, -0.1) is 6.58 Å². The molecule has 0 aromatic heterocycles. The Balaban J connectivity index is 1.50. The van der Waals surface area contributed by atoms with Gasteiger partial charge in [-0.05, 0) is 104 Å². The summed E-state index contributed by atoms with van der Waals surface area (Å²) in [6, 6.07) is 20.2. The van der Waals surface area contributed by atoms with Crippen LogP contribution in [0.15, 0.2) is 108 Å². The first-order valence-corrected chi connectivity index (χ1v) is 22.1. The molecule has 336 valence electrons. The van der Waals surface area contributed by atoms with Crippen molar-refractivity contribution in [1.29, 1.82) is 0 Å². The van der Waals surface area contributed by atoms with Crippen molar-refractivity contribution in [2.45, 2.75) is 89.5 Å². The standard InChI is InChI=1S/C49H60N4O10/c1-4-26-52(45(56)25-20-34-18-21-37(22-19-34)53(58)59)44-32-42(51-61-6-3)40-30-36(16-10-12-27-54)39(17-11-13-28-55)46-41-31-38(62-48(57)50-33-35-14-8-7-9-15-35)23-24-43(41)63-49(44,47(40)46)60-29-5-2/h5,7-9,14-15,18-25,30-31,36,39,44,46-47,54-55H,2,4,6,10-13,16-17,26-29,32-33H2,1,3H3,(H,50,57). The van der Waals surface area contributed by atoms with Crippen molar-refractivity contribution < 1.29 is 43.8 Å². The third-order valence-corrected chi connectivity index (χ3v) is 12.1. The lowest BCUT2D eigenvalue weighted by Gasteiger charge is -2.60. The summed E-state index contributed by atoms with van der Waals surface area (Å²) in [5.74, 6) is -1.76. The number of nitrogens with one attached hydrogen (secondary N) is 1. The van der Waals surface area contributed by atoms with Crippen LogP contribution in [-0.4, -0.2) is 82.5 Å². The van der Waals surface area contributed by atoms with Gasteiger partial charge in [-0.2, -0.15) is 0 Å². The van der Waals surface area contributed by atoms with Crippen molar-refractivity contribution in [3.05, 3.63) is 130 Å². The summed E-state index contributed by atoms with van der Waals surface area (Å²) in [4.78, 5) is 46.3. The SMILES string of the molecule is C=CCOC12Oc3ccc(OC(=O)NCc4ccccc4)cc3C3C(CCCCO)C(CCCCO)C=C(C(=NOCC)CC1N(CCC)C(=O)C=Cc1ccc([N+](=O)[O-])cc1)C32. The second-order valence-electron chi connectivity index (χ2n) is 16.1. The molecule has 14 heteroatoms. The van der Waals surface area contributed by atoms with Crippen LogP contribution >= 0.6 is 0 Å². The molecule has 6 atom stereocenters. The van der Waals surface area contributed by atoms with Gasteiger partial charge >= 0.3 is 6.09 Å². The van der Waals surface area contributed by atoms with Crippen LogP contribution < -0.4 is 14.8 Å². The van der Waals surface area contributed by atoms with Gasteiger partial charge in [0.2, 0.25) is 11.7 Å². The van der Waals surface area contributed by atoms with Crippen molar-refractivity contribution in [2.24, 2.45) is 22.9 Å². The fourth-order valence-corrected chi connectivity index (χ4v) is 9.40. The topological polar surface area (TPSA) is 182 Å². The summed E-state index contributed by atoms with van der Waals surface area (Å²) >= 11 is 0. The molecular formula is C49H60N4O10. The lowest BCUT2D eigenvalue weighted by molar-refractivity contribution is -0.384. The van der Waals surface area contributed by atoms with Crippen LogP contribution in [0.4, 0.5) is 10.5 Å². The number of aliphatic hydroxyl groups excluding tert-OH is 2. The van der Waals surface area contributed by atoms with E-state index >= 15 is 0 Å². The van der Waals surface area contributed by atoms with Crippen LogP contribution in [0.2, 0.25) is 0 Å². The van der Waals surface area contributed by atoms with Crippen LogP contribution in [0.3, 0.4) is 0 Å². The van der Waals surface area contributed by atoms with Gasteiger partial charge < -0.3 is 39.5 Å². The molecule has 0 radical (unpaired) electrons. The Bertz CT molecular complexity index is 2120. The van der Waals surface area contributed by atoms with Gasteiger partial charge in [-0.1, -0.05) is 67.4 Å². The molecule has 0 spiro atoms. The average molecular weight is 865 g/mol. The molecule has 0 bridgehead atoms. The van der Waals surface area contributed by atoms with E-state index in [1.165, 1.54) is 18.2 Å². The molecule has 3 N–H and O–H groups in total. The van der Waals surface area contributed by atoms with E-state index < -0.39 is 28.8 Å². The summed E-state index contributed by atoms with van der Waals surface area (Å²) in [5.41, 5.74) is 3.88. The van der Waals surface area contributed by atoms with Gasteiger partial charge in [0.1, 0.15) is 24.1 Å². The molecule has 63 heavy (non-hydrogen) atoms. The first-order valence-electron chi connectivity index (χ1n) is 22.1. The lowest BCUT2D eigenvalue weighted by atomic mass is 9.55. The molecule has 2 aliphatic carbocycles. The van der Waals surface area contributed by atoms with Gasteiger partial charge in [0.05, 0.1) is 23.2 Å². The van der Waals surface area contributed by atoms with E-state index in [4.69, 9.17) is 24.2 Å². The molecule has 1 heterocycles. The molecule has 6 rings (SSSR count). The van der Waals surface area contributed by atoms with Gasteiger partial charge in [0.15, 0.2) is 0 Å². The summed E-state index contributed by atoms with van der Waals surface area (Å²) in [7, 11) is 0. The average Bonchev–Trinajstić information content (AvgIpc) is 3.29. The molecule has 3 aromatic carbocycles. The van der Waals surface area contributed by atoms with Gasteiger partial charge in [-0.3, -0.25) is 14.9 Å². The highest BCUT2D eigenvalue weighted by atomic mass is 16.7. The maximum absolute atomic E-state index is 14.6. The number of allylic oxidation sites excluding steroid dienone is 1. The number of hydrogen-bond donors (Lipinski definition) is 3. The van der Waals surface area contributed by atoms with E-state index in [-0.39, 0.29) is 62.1 Å². The lowest BCUT2D eigenvalue weighted by Crippen LogP contribution is -2.70. The van der Waals surface area contributed by atoms with Crippen molar-refractivity contribution in [2.75, 3.05) is 33.0 Å². The van der Waals surface area contributed by atoms with Crippen molar-refractivity contribution in [3.8, 4) is 11.5 Å². The number of nitro groups is 1. The van der Waals surface area contributed by atoms with E-state index in [1.807, 2.05) is 50.2 Å². The smallest absolute Gasteiger partial charge is 0.412 e. The highest BCUT2D eigenvalue weighted by Crippen LogP contribution is 2.62. The maximum Gasteiger partial charge on any atom is 0.412 e. The van der Waals surface area contributed by atoms with Crippen molar-refractivity contribution in [3.63, 3.8) is 0 Å². The number of aliphatic hydroxyl groups is 2. The number of rotatable bonds is 22. The summed E-state index contributed by atoms with van der Waals surface area (Å²) < 4.78 is 20.2. The van der Waals surface area contributed by atoms with E-state index in [0.29, 0.717) is 55.2 Å². The van der Waals surface area contributed by atoms with Gasteiger partial charge in [-0.25, -0.2) is 4.79 Å². The monoisotopic (exact) mass is 864 g/mol. The van der Waals surface area contributed by atoms with Crippen LogP contribution in [0.1, 0.15) is 87.8 Å². The highest BCUT2D eigenvalue weighted by molar-refractivity contribution is 6.03. The Morgan fingerprint density at radius 2 is 1.78 bits per heavy atom. The largest absolute Gasteiger partial charge is 0.459 e. The minimum absolute atomic E-state index is 0.0228. The van der Waals surface area contributed by atoms with Gasteiger partial charge in [0, 0.05) is 62.4 Å². The number of non-ortho nitro benzene ring substituents is 1. The number of fused-ring (bicyclic) bond motifs is 2. The number of unbranched alkanes of at least 4 members (excludes halogenated alkanes) is 2. The van der Waals surface area contributed by atoms with E-state index in [9.17, 15) is 29.9 Å². The summed E-state index contributed by atoms with van der Waals surface area (Å²) in [5, 5.41) is 38.7. The molecule has 14 nitrogen and oxygen atoms in total. The minimum atomic E-state index is -1.46. The van der Waals surface area contributed by atoms with Crippen LogP contribution in [0.25, 0.3) is 6.08 Å². The quantitative estimate of drug-likeness (QED) is 0.0291. The molecule has 1 fully saturated rings.